The molecule has 0 radical (unpaired) electrons. The van der Waals surface area contributed by atoms with Crippen molar-refractivity contribution in [3.63, 3.8) is 0 Å². The van der Waals surface area contributed by atoms with Gasteiger partial charge in [0.1, 0.15) is 6.10 Å². The molecule has 29 heavy (non-hydrogen) atoms. The minimum absolute atomic E-state index is 0.0178. The third-order valence-corrected chi connectivity index (χ3v) is 6.67. The lowest BCUT2D eigenvalue weighted by molar-refractivity contribution is -0.201. The topological polar surface area (TPSA) is 101 Å². The lowest BCUT2D eigenvalue weighted by atomic mass is 9.45. The Kier molecular flexibility index (Phi) is 7.09. The Bertz CT molecular complexity index is 732. The third kappa shape index (κ3) is 4.80. The molecule has 5 atom stereocenters. The summed E-state index contributed by atoms with van der Waals surface area (Å²) in [5.74, 6) is -5.08. The molecular formula is C23H32O6. The van der Waals surface area contributed by atoms with Crippen LogP contribution in [0.1, 0.15) is 53.4 Å². The first-order valence-corrected chi connectivity index (χ1v) is 10.2. The Morgan fingerprint density at radius 1 is 0.966 bits per heavy atom. The molecule has 6 nitrogen and oxygen atoms in total. The van der Waals surface area contributed by atoms with E-state index in [0.29, 0.717) is 6.42 Å². The van der Waals surface area contributed by atoms with E-state index >= 15 is 0 Å². The minimum atomic E-state index is -1.15. The number of hydrogen-bond donors (Lipinski definition) is 2. The van der Waals surface area contributed by atoms with Gasteiger partial charge in [-0.2, -0.15) is 0 Å². The highest BCUT2D eigenvalue weighted by Gasteiger charge is 2.63. The third-order valence-electron chi connectivity index (χ3n) is 6.67. The van der Waals surface area contributed by atoms with Gasteiger partial charge < -0.3 is 14.9 Å². The van der Waals surface area contributed by atoms with Crippen LogP contribution in [0.25, 0.3) is 0 Å². The second-order valence-electron chi connectivity index (χ2n) is 9.07. The van der Waals surface area contributed by atoms with Crippen LogP contribution in [0.2, 0.25) is 0 Å². The molecule has 0 aromatic carbocycles. The average Bonchev–Trinajstić information content (AvgIpc) is 2.59. The van der Waals surface area contributed by atoms with Crippen LogP contribution in [-0.4, -0.2) is 34.2 Å². The summed E-state index contributed by atoms with van der Waals surface area (Å²) >= 11 is 0. The maximum Gasteiger partial charge on any atom is 0.331 e. The summed E-state index contributed by atoms with van der Waals surface area (Å²) < 4.78 is 5.74. The maximum atomic E-state index is 12.4. The predicted molar refractivity (Wildman–Crippen MR) is 109 cm³/mol. The molecule has 0 unspecified atom stereocenters. The molecule has 0 heterocycles. The molecule has 0 bridgehead atoms. The maximum absolute atomic E-state index is 12.4. The normalized spacial score (nSPS) is 34.3. The van der Waals surface area contributed by atoms with E-state index in [1.165, 1.54) is 6.08 Å². The lowest BCUT2D eigenvalue weighted by Gasteiger charge is -2.59. The van der Waals surface area contributed by atoms with E-state index < -0.39 is 41.3 Å². The fourth-order valence-electron chi connectivity index (χ4n) is 5.76. The Morgan fingerprint density at radius 2 is 1.62 bits per heavy atom. The molecule has 2 aliphatic carbocycles. The van der Waals surface area contributed by atoms with E-state index in [1.54, 1.807) is 18.2 Å². The van der Waals surface area contributed by atoms with E-state index in [4.69, 9.17) is 4.74 Å². The highest BCUT2D eigenvalue weighted by atomic mass is 16.5. The van der Waals surface area contributed by atoms with Gasteiger partial charge in [-0.3, -0.25) is 9.59 Å². The van der Waals surface area contributed by atoms with Crippen LogP contribution < -0.4 is 0 Å². The van der Waals surface area contributed by atoms with Crippen LogP contribution in [0, 0.1) is 28.6 Å². The number of fused-ring (bicyclic) bond motifs is 1. The minimum Gasteiger partial charge on any atom is -0.481 e. The zero-order chi connectivity index (χ0) is 21.8. The zero-order valence-corrected chi connectivity index (χ0v) is 17.6. The molecule has 2 fully saturated rings. The Balaban J connectivity index is 2.36. The van der Waals surface area contributed by atoms with Crippen LogP contribution in [0.4, 0.5) is 0 Å². The van der Waals surface area contributed by atoms with Crippen molar-refractivity contribution in [1.29, 1.82) is 0 Å². The predicted octanol–water partition coefficient (Wildman–Crippen LogP) is 4.22. The van der Waals surface area contributed by atoms with E-state index in [0.717, 1.165) is 12.8 Å². The Labute approximate surface area is 172 Å². The molecule has 2 rings (SSSR count). The summed E-state index contributed by atoms with van der Waals surface area (Å²) in [6.07, 6.45) is 11.8. The van der Waals surface area contributed by atoms with Crippen LogP contribution in [0.5, 0.6) is 0 Å². The number of esters is 1. The summed E-state index contributed by atoms with van der Waals surface area (Å²) in [4.78, 5) is 36.4. The fraction of sp³-hybridized carbons (Fsp3) is 0.609. The van der Waals surface area contributed by atoms with Crippen molar-refractivity contribution >= 4 is 17.9 Å². The second-order valence-corrected chi connectivity index (χ2v) is 9.07. The first kappa shape index (κ1) is 22.9. The molecule has 6 heteroatoms. The number of allylic oxidation sites excluding steroid dienone is 5. The van der Waals surface area contributed by atoms with Gasteiger partial charge >= 0.3 is 17.9 Å². The monoisotopic (exact) mass is 404 g/mol. The molecule has 0 aromatic rings. The smallest absolute Gasteiger partial charge is 0.331 e. The summed E-state index contributed by atoms with van der Waals surface area (Å²) in [5, 5.41) is 19.6. The molecule has 160 valence electrons. The lowest BCUT2D eigenvalue weighted by Crippen LogP contribution is -2.61. The van der Waals surface area contributed by atoms with Crippen molar-refractivity contribution in [2.75, 3.05) is 0 Å². The molecule has 0 amide bonds. The van der Waals surface area contributed by atoms with Crippen LogP contribution in [0.3, 0.4) is 0 Å². The largest absolute Gasteiger partial charge is 0.481 e. The standard InChI is InChI=1S/C23H32O6/c1-5-6-7-8-9-11-17(24)29-16-14-15(20(25)26)18(21(27)28)23(4)13-10-12-22(2,3)19(16)23/h5-9,11,15-16,18-19H,10,12-14H2,1-4H3,(H,25,26)(H,27,28)/b6-5+,8-7+,11-9+/t15-,16+,18+,19-,23+/m0/s1. The highest BCUT2D eigenvalue weighted by molar-refractivity contribution is 5.83. The van der Waals surface area contributed by atoms with Crippen LogP contribution >= 0.6 is 0 Å². The Morgan fingerprint density at radius 3 is 2.21 bits per heavy atom. The number of carbonyl (C=O) groups is 3. The SMILES string of the molecule is C/C=C/C=C/C=C/C(=O)O[C@@H]1C[C@H](C(=O)O)[C@H](C(=O)O)[C@@]2(C)CCCC(C)(C)[C@H]12. The summed E-state index contributed by atoms with van der Waals surface area (Å²) in [6.45, 7) is 7.87. The Hall–Kier alpha value is -2.37. The van der Waals surface area contributed by atoms with Crippen LogP contribution in [-0.2, 0) is 19.1 Å². The summed E-state index contributed by atoms with van der Waals surface area (Å²) in [6, 6.07) is 0. The molecule has 2 saturated carbocycles. The number of ether oxygens (including phenoxy) is 1. The number of carbonyl (C=O) groups excluding carboxylic acids is 1. The molecule has 2 N–H and O–H groups in total. The average molecular weight is 405 g/mol. The fourth-order valence-corrected chi connectivity index (χ4v) is 5.76. The molecular weight excluding hydrogens is 372 g/mol. The van der Waals surface area contributed by atoms with Crippen molar-refractivity contribution < 1.29 is 29.3 Å². The molecule has 0 aromatic heterocycles. The first-order valence-electron chi connectivity index (χ1n) is 10.2. The van der Waals surface area contributed by atoms with Crippen LogP contribution in [0.15, 0.2) is 36.5 Å². The quantitative estimate of drug-likeness (QED) is 0.390. The van der Waals surface area contributed by atoms with Gasteiger partial charge in [0, 0.05) is 12.0 Å². The summed E-state index contributed by atoms with van der Waals surface area (Å²) in [7, 11) is 0. The van der Waals surface area contributed by atoms with Crippen molar-refractivity contribution in [3.05, 3.63) is 36.5 Å². The van der Waals surface area contributed by atoms with Crippen molar-refractivity contribution in [2.24, 2.45) is 28.6 Å². The van der Waals surface area contributed by atoms with E-state index in [9.17, 15) is 24.6 Å². The van der Waals surface area contributed by atoms with Crippen molar-refractivity contribution in [3.8, 4) is 0 Å². The van der Waals surface area contributed by atoms with Crippen molar-refractivity contribution in [2.45, 2.75) is 59.5 Å². The van der Waals surface area contributed by atoms with Gasteiger partial charge in [0.15, 0.2) is 0 Å². The van der Waals surface area contributed by atoms with E-state index in [2.05, 4.69) is 13.8 Å². The molecule has 2 aliphatic rings. The van der Waals surface area contributed by atoms with Gasteiger partial charge in [-0.05, 0) is 37.0 Å². The van der Waals surface area contributed by atoms with Gasteiger partial charge in [-0.1, -0.05) is 57.6 Å². The highest BCUT2D eigenvalue weighted by Crippen LogP contribution is 2.61. The van der Waals surface area contributed by atoms with Gasteiger partial charge in [-0.15, -0.1) is 0 Å². The van der Waals surface area contributed by atoms with Gasteiger partial charge in [0.25, 0.3) is 0 Å². The van der Waals surface area contributed by atoms with E-state index in [1.807, 2.05) is 26.0 Å². The second kappa shape index (κ2) is 8.97. The zero-order valence-electron chi connectivity index (χ0n) is 17.6. The van der Waals surface area contributed by atoms with Crippen molar-refractivity contribution in [1.82, 2.24) is 0 Å². The molecule has 0 spiro atoms. The first-order chi connectivity index (χ1) is 13.5. The number of carboxylic acid groups (broad SMARTS) is 2. The number of rotatable bonds is 6. The number of hydrogen-bond acceptors (Lipinski definition) is 4. The van der Waals surface area contributed by atoms with E-state index in [-0.39, 0.29) is 17.8 Å². The molecule has 0 aliphatic heterocycles. The van der Waals surface area contributed by atoms with Gasteiger partial charge in [0.05, 0.1) is 11.8 Å². The molecule has 0 saturated heterocycles. The van der Waals surface area contributed by atoms with Gasteiger partial charge in [0.2, 0.25) is 0 Å². The number of aliphatic carboxylic acids is 2. The number of carboxylic acids is 2. The van der Waals surface area contributed by atoms with Gasteiger partial charge in [-0.25, -0.2) is 4.79 Å². The summed E-state index contributed by atoms with van der Waals surface area (Å²) in [5.41, 5.74) is -1.01.